The van der Waals surface area contributed by atoms with Crippen molar-refractivity contribution >= 4 is 17.6 Å². The molecule has 0 bridgehead atoms. The van der Waals surface area contributed by atoms with Gasteiger partial charge in [0.2, 0.25) is 0 Å². The van der Waals surface area contributed by atoms with E-state index in [1.807, 2.05) is 35.7 Å². The number of aryl methyl sites for hydroxylation is 2. The molecule has 1 atom stereocenters. The van der Waals surface area contributed by atoms with Crippen molar-refractivity contribution in [1.82, 2.24) is 19.6 Å². The molecule has 1 saturated heterocycles. The summed E-state index contributed by atoms with van der Waals surface area (Å²) in [5.74, 6) is 0.784. The molecule has 1 N–H and O–H groups in total. The van der Waals surface area contributed by atoms with Gasteiger partial charge >= 0.3 is 6.03 Å². The highest BCUT2D eigenvalue weighted by Crippen LogP contribution is 2.31. The van der Waals surface area contributed by atoms with Crippen molar-refractivity contribution in [2.75, 3.05) is 0 Å². The zero-order valence-electron chi connectivity index (χ0n) is 14.2. The summed E-state index contributed by atoms with van der Waals surface area (Å²) in [5, 5.41) is 2.75. The van der Waals surface area contributed by atoms with Crippen molar-refractivity contribution in [2.24, 2.45) is 0 Å². The largest absolute Gasteiger partial charge is 0.463 e. The van der Waals surface area contributed by atoms with Crippen LogP contribution in [0.15, 0.2) is 40.9 Å². The molecule has 0 spiro atoms. The van der Waals surface area contributed by atoms with E-state index in [4.69, 9.17) is 4.42 Å². The molecule has 0 radical (unpaired) electrons. The van der Waals surface area contributed by atoms with E-state index in [9.17, 15) is 9.59 Å². The molecule has 0 saturated carbocycles. The summed E-state index contributed by atoms with van der Waals surface area (Å²) in [6, 6.07) is 8.73. The minimum absolute atomic E-state index is 0.150. The number of pyridine rings is 1. The molecule has 0 unspecified atom stereocenters. The van der Waals surface area contributed by atoms with Gasteiger partial charge in [-0.15, -0.1) is 0 Å². The minimum Gasteiger partial charge on any atom is -0.463 e. The number of hydrogen-bond acceptors (Lipinski definition) is 4. The summed E-state index contributed by atoms with van der Waals surface area (Å²) in [7, 11) is 0. The number of imide groups is 1. The molecule has 3 amide bonds. The van der Waals surface area contributed by atoms with E-state index in [1.165, 1.54) is 4.90 Å². The van der Waals surface area contributed by atoms with E-state index in [1.54, 1.807) is 26.0 Å². The van der Waals surface area contributed by atoms with Gasteiger partial charge in [0.1, 0.15) is 17.2 Å². The van der Waals surface area contributed by atoms with E-state index in [0.29, 0.717) is 11.5 Å². The fourth-order valence-corrected chi connectivity index (χ4v) is 3.22. The second kappa shape index (κ2) is 5.20. The lowest BCUT2D eigenvalue weighted by atomic mass is 9.99. The van der Waals surface area contributed by atoms with E-state index in [-0.39, 0.29) is 12.5 Å². The van der Waals surface area contributed by atoms with Gasteiger partial charge in [-0.25, -0.2) is 9.78 Å². The van der Waals surface area contributed by atoms with Crippen LogP contribution in [0.3, 0.4) is 0 Å². The first-order valence-corrected chi connectivity index (χ1v) is 8.04. The number of rotatable bonds is 3. The van der Waals surface area contributed by atoms with Crippen LogP contribution in [0.4, 0.5) is 4.79 Å². The van der Waals surface area contributed by atoms with E-state index in [0.717, 1.165) is 17.0 Å². The number of urea groups is 1. The van der Waals surface area contributed by atoms with Gasteiger partial charge in [-0.3, -0.25) is 9.69 Å². The van der Waals surface area contributed by atoms with Gasteiger partial charge < -0.3 is 14.1 Å². The SMILES string of the molecule is Cc1ccc([C@@]2(C)NC(=O)N(Cc3c(C)nc4ccccn34)C2=O)o1. The molecule has 1 aliphatic rings. The number of nitrogens with zero attached hydrogens (tertiary/aromatic N) is 3. The average Bonchev–Trinajstić information content (AvgIpc) is 3.20. The van der Waals surface area contributed by atoms with Crippen LogP contribution in [0.2, 0.25) is 0 Å². The highest BCUT2D eigenvalue weighted by Gasteiger charge is 2.51. The second-order valence-corrected chi connectivity index (χ2v) is 6.43. The third-order valence-electron chi connectivity index (χ3n) is 4.65. The van der Waals surface area contributed by atoms with Crippen molar-refractivity contribution in [3.05, 3.63) is 59.4 Å². The summed E-state index contributed by atoms with van der Waals surface area (Å²) in [4.78, 5) is 31.1. The molecule has 3 aromatic rings. The van der Waals surface area contributed by atoms with Gasteiger partial charge in [0.05, 0.1) is 17.9 Å². The normalized spacial score (nSPS) is 20.5. The Morgan fingerprint density at radius 1 is 1.20 bits per heavy atom. The minimum atomic E-state index is -1.19. The van der Waals surface area contributed by atoms with Crippen molar-refractivity contribution in [3.8, 4) is 0 Å². The molecule has 3 aromatic heterocycles. The molecule has 25 heavy (non-hydrogen) atoms. The Balaban J connectivity index is 1.70. The fourth-order valence-electron chi connectivity index (χ4n) is 3.22. The quantitative estimate of drug-likeness (QED) is 0.744. The van der Waals surface area contributed by atoms with Crippen LogP contribution < -0.4 is 5.32 Å². The lowest BCUT2D eigenvalue weighted by Gasteiger charge is -2.19. The highest BCUT2D eigenvalue weighted by molar-refractivity contribution is 6.06. The lowest BCUT2D eigenvalue weighted by molar-refractivity contribution is -0.132. The molecule has 7 heteroatoms. The van der Waals surface area contributed by atoms with E-state index < -0.39 is 11.6 Å². The van der Waals surface area contributed by atoms with Gasteiger partial charge in [-0.2, -0.15) is 0 Å². The molecule has 0 aromatic carbocycles. The number of imidazole rings is 1. The topological polar surface area (TPSA) is 79.9 Å². The molecule has 7 nitrogen and oxygen atoms in total. The molecule has 128 valence electrons. The first kappa shape index (κ1) is 15.4. The van der Waals surface area contributed by atoms with Gasteiger partial charge in [0, 0.05) is 6.20 Å². The summed E-state index contributed by atoms with van der Waals surface area (Å²) in [6.07, 6.45) is 1.87. The van der Waals surface area contributed by atoms with E-state index in [2.05, 4.69) is 10.3 Å². The summed E-state index contributed by atoms with van der Waals surface area (Å²) in [6.45, 7) is 5.48. The molecule has 1 aliphatic heterocycles. The Kier molecular flexibility index (Phi) is 3.21. The van der Waals surface area contributed by atoms with Gasteiger partial charge in [0.25, 0.3) is 5.91 Å². The number of nitrogens with one attached hydrogen (secondary N) is 1. The summed E-state index contributed by atoms with van der Waals surface area (Å²) >= 11 is 0. The summed E-state index contributed by atoms with van der Waals surface area (Å²) < 4.78 is 7.48. The Labute approximate surface area is 144 Å². The molecule has 1 fully saturated rings. The predicted octanol–water partition coefficient (Wildman–Crippen LogP) is 2.51. The monoisotopic (exact) mass is 338 g/mol. The first-order chi connectivity index (χ1) is 11.9. The number of furan rings is 1. The van der Waals surface area contributed by atoms with Crippen LogP contribution in [0.5, 0.6) is 0 Å². The molecule has 0 aliphatic carbocycles. The van der Waals surface area contributed by atoms with Crippen molar-refractivity contribution < 1.29 is 14.0 Å². The van der Waals surface area contributed by atoms with Crippen molar-refractivity contribution in [3.63, 3.8) is 0 Å². The number of carbonyl (C=O) groups is 2. The van der Waals surface area contributed by atoms with Crippen molar-refractivity contribution in [1.29, 1.82) is 0 Å². The van der Waals surface area contributed by atoms with Gasteiger partial charge in [-0.1, -0.05) is 6.07 Å². The number of carbonyl (C=O) groups excluding carboxylic acids is 2. The molecular weight excluding hydrogens is 320 g/mol. The van der Waals surface area contributed by atoms with Crippen LogP contribution in [0.1, 0.15) is 29.8 Å². The average molecular weight is 338 g/mol. The standard InChI is InChI=1S/C18H18N4O3/c1-11-7-8-14(25-11)18(3)16(23)22(17(24)20-18)10-13-12(2)19-15-6-4-5-9-21(13)15/h4-9H,10H2,1-3H3,(H,20,24)/t18-/m1/s1. The van der Waals surface area contributed by atoms with E-state index >= 15 is 0 Å². The van der Waals surface area contributed by atoms with Crippen LogP contribution in [0, 0.1) is 13.8 Å². The first-order valence-electron chi connectivity index (χ1n) is 8.04. The van der Waals surface area contributed by atoms with Crippen LogP contribution in [-0.4, -0.2) is 26.2 Å². The van der Waals surface area contributed by atoms with Crippen molar-refractivity contribution in [2.45, 2.75) is 32.9 Å². The second-order valence-electron chi connectivity index (χ2n) is 6.43. The maximum absolute atomic E-state index is 13.0. The fraction of sp³-hybridized carbons (Fsp3) is 0.278. The van der Waals surface area contributed by atoms with Gasteiger partial charge in [0.15, 0.2) is 5.54 Å². The Morgan fingerprint density at radius 3 is 2.72 bits per heavy atom. The number of hydrogen-bond donors (Lipinski definition) is 1. The third-order valence-corrected chi connectivity index (χ3v) is 4.65. The summed E-state index contributed by atoms with van der Waals surface area (Å²) in [5.41, 5.74) is 1.18. The maximum Gasteiger partial charge on any atom is 0.325 e. The number of amides is 3. The molecule has 4 heterocycles. The maximum atomic E-state index is 13.0. The Hall–Kier alpha value is -3.09. The highest BCUT2D eigenvalue weighted by atomic mass is 16.3. The number of aromatic nitrogens is 2. The van der Waals surface area contributed by atoms with Crippen LogP contribution in [-0.2, 0) is 16.9 Å². The zero-order chi connectivity index (χ0) is 17.8. The van der Waals surface area contributed by atoms with Crippen LogP contribution in [0.25, 0.3) is 5.65 Å². The van der Waals surface area contributed by atoms with Gasteiger partial charge in [-0.05, 0) is 45.0 Å². The molecule has 4 rings (SSSR count). The molecular formula is C18H18N4O3. The third kappa shape index (κ3) is 2.23. The predicted molar refractivity (Wildman–Crippen MR) is 89.8 cm³/mol. The Morgan fingerprint density at radius 2 is 2.00 bits per heavy atom. The van der Waals surface area contributed by atoms with Crippen LogP contribution >= 0.6 is 0 Å². The smallest absolute Gasteiger partial charge is 0.325 e. The zero-order valence-corrected chi connectivity index (χ0v) is 14.2. The lowest BCUT2D eigenvalue weighted by Crippen LogP contribution is -2.40. The Bertz CT molecular complexity index is 1000. The number of fused-ring (bicyclic) bond motifs is 1.